The summed E-state index contributed by atoms with van der Waals surface area (Å²) >= 11 is 0. The molecule has 3 aromatic carbocycles. The largest absolute Gasteiger partial charge is 0.399 e. The Balaban J connectivity index is 1.56. The lowest BCUT2D eigenvalue weighted by molar-refractivity contribution is -0.126. The van der Waals surface area contributed by atoms with Crippen molar-refractivity contribution in [2.24, 2.45) is 5.73 Å². The topological polar surface area (TPSA) is 168 Å². The Morgan fingerprint density at radius 2 is 1.45 bits per heavy atom. The SMILES string of the molecule is C[C@@H](O)[C@H](NC(=O)c1ccc(C#Cc2ccc(NC(=O)[C@@H](N)Cc3ccc(N)cc3)cc2)cc1)C(=O)CO. The van der Waals surface area contributed by atoms with Crippen LogP contribution in [0.25, 0.3) is 0 Å². The molecule has 0 aliphatic heterocycles. The lowest BCUT2D eigenvalue weighted by Crippen LogP contribution is -2.48. The molecule has 0 saturated carbocycles. The summed E-state index contributed by atoms with van der Waals surface area (Å²) in [6.45, 7) is 0.575. The van der Waals surface area contributed by atoms with Gasteiger partial charge in [-0.2, -0.15) is 0 Å². The molecular weight excluding hydrogens is 484 g/mol. The third-order valence-corrected chi connectivity index (χ3v) is 5.69. The normalized spacial score (nSPS) is 12.8. The van der Waals surface area contributed by atoms with Gasteiger partial charge in [0.1, 0.15) is 12.6 Å². The lowest BCUT2D eigenvalue weighted by atomic mass is 10.1. The minimum Gasteiger partial charge on any atom is -0.399 e. The van der Waals surface area contributed by atoms with E-state index < -0.39 is 36.5 Å². The van der Waals surface area contributed by atoms with Crippen LogP contribution in [0.3, 0.4) is 0 Å². The van der Waals surface area contributed by atoms with Gasteiger partial charge in [-0.15, -0.1) is 0 Å². The molecular formula is C29H30N4O5. The van der Waals surface area contributed by atoms with Crippen molar-refractivity contribution in [1.29, 1.82) is 0 Å². The second-order valence-electron chi connectivity index (χ2n) is 8.76. The molecule has 38 heavy (non-hydrogen) atoms. The zero-order valence-corrected chi connectivity index (χ0v) is 20.8. The number of carbonyl (C=O) groups is 3. The first kappa shape index (κ1) is 28.1. The number of hydrogen-bond donors (Lipinski definition) is 6. The molecule has 0 heterocycles. The first-order valence-electron chi connectivity index (χ1n) is 11.9. The van der Waals surface area contributed by atoms with E-state index in [2.05, 4.69) is 22.5 Å². The van der Waals surface area contributed by atoms with Gasteiger partial charge in [0, 0.05) is 28.1 Å². The first-order chi connectivity index (χ1) is 18.2. The number of ketones is 1. The number of rotatable bonds is 9. The summed E-state index contributed by atoms with van der Waals surface area (Å²) in [4.78, 5) is 36.5. The van der Waals surface area contributed by atoms with Crippen LogP contribution in [0.1, 0.15) is 34.0 Å². The molecule has 9 heteroatoms. The van der Waals surface area contributed by atoms with Gasteiger partial charge in [0.15, 0.2) is 5.78 Å². The summed E-state index contributed by atoms with van der Waals surface area (Å²) in [5.41, 5.74) is 15.5. The lowest BCUT2D eigenvalue weighted by Gasteiger charge is -2.19. The van der Waals surface area contributed by atoms with Gasteiger partial charge in [0.25, 0.3) is 5.91 Å². The van der Waals surface area contributed by atoms with Gasteiger partial charge in [0.05, 0.1) is 12.1 Å². The molecule has 0 fully saturated rings. The van der Waals surface area contributed by atoms with Crippen LogP contribution in [0.5, 0.6) is 0 Å². The average molecular weight is 515 g/mol. The molecule has 0 aliphatic rings. The van der Waals surface area contributed by atoms with Crippen molar-refractivity contribution in [3.63, 3.8) is 0 Å². The highest BCUT2D eigenvalue weighted by atomic mass is 16.3. The van der Waals surface area contributed by atoms with E-state index in [1.165, 1.54) is 6.92 Å². The fourth-order valence-electron chi connectivity index (χ4n) is 3.51. The second-order valence-corrected chi connectivity index (χ2v) is 8.76. The molecule has 8 N–H and O–H groups in total. The molecule has 0 bridgehead atoms. The van der Waals surface area contributed by atoms with E-state index in [1.807, 2.05) is 12.1 Å². The zero-order valence-electron chi connectivity index (χ0n) is 20.8. The molecule has 0 saturated heterocycles. The number of amides is 2. The fraction of sp³-hybridized carbons (Fsp3) is 0.207. The molecule has 0 unspecified atom stereocenters. The van der Waals surface area contributed by atoms with Crippen molar-refractivity contribution in [1.82, 2.24) is 5.32 Å². The van der Waals surface area contributed by atoms with Crippen LogP contribution in [-0.4, -0.2) is 52.6 Å². The summed E-state index contributed by atoms with van der Waals surface area (Å²) in [7, 11) is 0. The number of nitrogens with one attached hydrogen (secondary N) is 2. The van der Waals surface area contributed by atoms with Gasteiger partial charge in [-0.1, -0.05) is 24.0 Å². The van der Waals surface area contributed by atoms with Crippen LogP contribution >= 0.6 is 0 Å². The fourth-order valence-corrected chi connectivity index (χ4v) is 3.51. The molecule has 0 spiro atoms. The maximum Gasteiger partial charge on any atom is 0.251 e. The number of nitrogens with two attached hydrogens (primary N) is 2. The summed E-state index contributed by atoms with van der Waals surface area (Å²) in [6.07, 6.45) is -0.757. The smallest absolute Gasteiger partial charge is 0.251 e. The van der Waals surface area contributed by atoms with Gasteiger partial charge in [-0.05, 0) is 79.6 Å². The number of aliphatic hydroxyl groups excluding tert-OH is 2. The van der Waals surface area contributed by atoms with Crippen molar-refractivity contribution in [2.45, 2.75) is 31.5 Å². The van der Waals surface area contributed by atoms with Crippen molar-refractivity contribution in [3.05, 3.63) is 95.1 Å². The van der Waals surface area contributed by atoms with E-state index in [9.17, 15) is 19.5 Å². The van der Waals surface area contributed by atoms with Gasteiger partial charge in [0.2, 0.25) is 5.91 Å². The maximum atomic E-state index is 12.4. The molecule has 196 valence electrons. The van der Waals surface area contributed by atoms with Crippen LogP contribution in [0.4, 0.5) is 11.4 Å². The molecule has 3 aromatic rings. The Morgan fingerprint density at radius 3 is 1.97 bits per heavy atom. The third kappa shape index (κ3) is 8.01. The molecule has 2 amide bonds. The molecule has 3 rings (SSSR count). The average Bonchev–Trinajstić information content (AvgIpc) is 2.92. The molecule has 0 aromatic heterocycles. The minimum absolute atomic E-state index is 0.279. The highest BCUT2D eigenvalue weighted by molar-refractivity contribution is 5.98. The van der Waals surface area contributed by atoms with Crippen LogP contribution in [0.15, 0.2) is 72.8 Å². The van der Waals surface area contributed by atoms with Crippen molar-refractivity contribution in [3.8, 4) is 11.8 Å². The molecule has 3 atom stereocenters. The third-order valence-electron chi connectivity index (χ3n) is 5.69. The number of benzene rings is 3. The number of anilines is 2. The molecule has 0 aliphatic carbocycles. The van der Waals surface area contributed by atoms with Crippen LogP contribution in [-0.2, 0) is 16.0 Å². The Labute approximate surface area is 220 Å². The number of aliphatic hydroxyl groups is 2. The van der Waals surface area contributed by atoms with E-state index in [4.69, 9.17) is 16.6 Å². The predicted molar refractivity (Wildman–Crippen MR) is 145 cm³/mol. The standard InChI is InChI=1S/C29H30N4O5/c1-18(35)27(26(36)17-34)33-28(37)22-10-4-19(5-11-22)2-3-20-8-14-24(15-9-20)32-29(38)25(31)16-21-6-12-23(30)13-7-21/h4-15,18,25,27,34-35H,16-17,30-31H2,1H3,(H,32,38)(H,33,37)/t18-,25+,27+/m1/s1. The van der Waals surface area contributed by atoms with Gasteiger partial charge in [-0.25, -0.2) is 0 Å². The van der Waals surface area contributed by atoms with E-state index in [0.717, 1.165) is 11.1 Å². The van der Waals surface area contributed by atoms with Crippen molar-refractivity contribution >= 4 is 29.0 Å². The Morgan fingerprint density at radius 1 is 0.895 bits per heavy atom. The Bertz CT molecular complexity index is 1320. The highest BCUT2D eigenvalue weighted by Gasteiger charge is 2.25. The highest BCUT2D eigenvalue weighted by Crippen LogP contribution is 2.12. The second kappa shape index (κ2) is 13.2. The first-order valence-corrected chi connectivity index (χ1v) is 11.9. The number of hydrogen-bond acceptors (Lipinski definition) is 7. The molecule has 9 nitrogen and oxygen atoms in total. The summed E-state index contributed by atoms with van der Waals surface area (Å²) in [5.74, 6) is 4.48. The van der Waals surface area contributed by atoms with Gasteiger partial charge < -0.3 is 32.3 Å². The van der Waals surface area contributed by atoms with Gasteiger partial charge in [-0.3, -0.25) is 14.4 Å². The van der Waals surface area contributed by atoms with E-state index in [-0.39, 0.29) is 11.5 Å². The zero-order chi connectivity index (χ0) is 27.7. The number of nitrogen functional groups attached to an aromatic ring is 1. The monoisotopic (exact) mass is 514 g/mol. The summed E-state index contributed by atoms with van der Waals surface area (Å²) in [6, 6.07) is 18.7. The van der Waals surface area contributed by atoms with Gasteiger partial charge >= 0.3 is 0 Å². The maximum absolute atomic E-state index is 12.4. The van der Waals surface area contributed by atoms with Crippen molar-refractivity contribution in [2.75, 3.05) is 17.7 Å². The number of carbonyl (C=O) groups excluding carboxylic acids is 3. The van der Waals surface area contributed by atoms with Crippen molar-refractivity contribution < 1.29 is 24.6 Å². The summed E-state index contributed by atoms with van der Waals surface area (Å²) in [5, 5.41) is 23.9. The van der Waals surface area contributed by atoms with E-state index >= 15 is 0 Å². The quantitative estimate of drug-likeness (QED) is 0.184. The minimum atomic E-state index is -1.20. The van der Waals surface area contributed by atoms with E-state index in [1.54, 1.807) is 60.7 Å². The summed E-state index contributed by atoms with van der Waals surface area (Å²) < 4.78 is 0. The van der Waals surface area contributed by atoms with Crippen LogP contribution in [0, 0.1) is 11.8 Å². The van der Waals surface area contributed by atoms with E-state index in [0.29, 0.717) is 23.4 Å². The van der Waals surface area contributed by atoms with Crippen LogP contribution in [0.2, 0.25) is 0 Å². The number of Topliss-reactive ketones (excluding diaryl/α,β-unsaturated/α-hetero) is 1. The predicted octanol–water partition coefficient (Wildman–Crippen LogP) is 1.22. The Kier molecular flexibility index (Phi) is 9.73. The molecule has 0 radical (unpaired) electrons. The Hall–Kier alpha value is -4.49. The van der Waals surface area contributed by atoms with Crippen LogP contribution < -0.4 is 22.1 Å².